The molecule has 0 amide bonds. The van der Waals surface area contributed by atoms with Crippen molar-refractivity contribution < 1.29 is 4.65 Å². The van der Waals surface area contributed by atoms with Crippen molar-refractivity contribution in [2.24, 2.45) is 4.99 Å². The predicted molar refractivity (Wildman–Crippen MR) is 77.7 cm³/mol. The molecule has 2 nitrogen and oxygen atoms in total. The molecule has 0 saturated carbocycles. The quantitative estimate of drug-likeness (QED) is 0.453. The number of fused-ring (bicyclic) bond motifs is 2. The van der Waals surface area contributed by atoms with Gasteiger partial charge >= 0.3 is 6.35 Å². The summed E-state index contributed by atoms with van der Waals surface area (Å²) in [4.78, 5) is 4.51. The Labute approximate surface area is 109 Å². The number of nitrogens with zero attached hydrogens (tertiary/aromatic N) is 1. The molecule has 0 radical (unpaired) electrons. The molecule has 3 rings (SSSR count). The van der Waals surface area contributed by atoms with E-state index in [4.69, 9.17) is 4.65 Å². The number of rotatable bonds is 3. The summed E-state index contributed by atoms with van der Waals surface area (Å²) in [6.07, 6.45) is 8.39. The van der Waals surface area contributed by atoms with Gasteiger partial charge in [-0.25, -0.2) is 0 Å². The fraction of sp³-hybridized carbons (Fsp3) is 0.467. The molecule has 2 aliphatic rings. The molecule has 1 aromatic carbocycles. The maximum Gasteiger partial charge on any atom is 0.345 e. The molecular weight excluding hydrogens is 221 g/mol. The Morgan fingerprint density at radius 3 is 3.22 bits per heavy atom. The van der Waals surface area contributed by atoms with E-state index in [0.717, 1.165) is 19.6 Å². The van der Waals surface area contributed by atoms with E-state index < -0.39 is 6.35 Å². The molecule has 3 heteroatoms. The van der Waals surface area contributed by atoms with Crippen LogP contribution in [0.15, 0.2) is 23.2 Å². The zero-order valence-electron chi connectivity index (χ0n) is 11.1. The molecule has 0 aliphatic carbocycles. The Morgan fingerprint density at radius 2 is 2.44 bits per heavy atom. The van der Waals surface area contributed by atoms with Gasteiger partial charge in [0.25, 0.3) is 0 Å². The summed E-state index contributed by atoms with van der Waals surface area (Å²) in [6.45, 7) is 3.85. The first kappa shape index (κ1) is 11.9. The van der Waals surface area contributed by atoms with Crippen LogP contribution in [-0.2, 0) is 11.3 Å². The van der Waals surface area contributed by atoms with Crippen molar-refractivity contribution in [1.29, 1.82) is 0 Å². The largest absolute Gasteiger partial charge is 0.544 e. The highest BCUT2D eigenvalue weighted by atomic mass is 16.4. The van der Waals surface area contributed by atoms with Crippen LogP contribution in [0.5, 0.6) is 0 Å². The Kier molecular flexibility index (Phi) is 3.17. The van der Waals surface area contributed by atoms with Gasteiger partial charge in [-0.3, -0.25) is 4.99 Å². The second kappa shape index (κ2) is 4.81. The van der Waals surface area contributed by atoms with Crippen LogP contribution in [-0.4, -0.2) is 19.1 Å². The van der Waals surface area contributed by atoms with Gasteiger partial charge in [0.05, 0.1) is 0 Å². The zero-order valence-corrected chi connectivity index (χ0v) is 11.1. The Bertz CT molecular complexity index is 464. The highest BCUT2D eigenvalue weighted by molar-refractivity contribution is 6.91. The van der Waals surface area contributed by atoms with Crippen LogP contribution < -0.4 is 5.46 Å². The fourth-order valence-corrected chi connectivity index (χ4v) is 3.42. The van der Waals surface area contributed by atoms with Gasteiger partial charge in [-0.15, -0.1) is 5.46 Å². The average molecular weight is 241 g/mol. The van der Waals surface area contributed by atoms with Crippen LogP contribution in [0.2, 0.25) is 6.32 Å². The average Bonchev–Trinajstić information content (AvgIpc) is 3.00. The van der Waals surface area contributed by atoms with Crippen molar-refractivity contribution in [3.8, 4) is 0 Å². The topological polar surface area (TPSA) is 21.6 Å². The summed E-state index contributed by atoms with van der Waals surface area (Å²) in [5.74, 6) is 0. The molecule has 2 heterocycles. The number of hydrogen-bond donors (Lipinski definition) is 0. The molecule has 1 saturated heterocycles. The molecule has 94 valence electrons. The molecule has 2 aliphatic heterocycles. The van der Waals surface area contributed by atoms with Gasteiger partial charge in [-0.05, 0) is 18.4 Å². The molecular formula is C15H20BNO. The Balaban J connectivity index is 1.99. The predicted octanol–water partition coefficient (Wildman–Crippen LogP) is 2.74. The molecule has 1 aromatic rings. The third-order valence-corrected chi connectivity index (χ3v) is 4.22. The van der Waals surface area contributed by atoms with Crippen LogP contribution in [0, 0.1) is 6.32 Å². The summed E-state index contributed by atoms with van der Waals surface area (Å²) in [5, 5.41) is 0. The van der Waals surface area contributed by atoms with Crippen LogP contribution in [0.4, 0.5) is 0 Å². The molecule has 1 spiro atoms. The van der Waals surface area contributed by atoms with Crippen molar-refractivity contribution in [3.63, 3.8) is 0 Å². The van der Waals surface area contributed by atoms with Crippen LogP contribution >= 0.6 is 0 Å². The monoisotopic (exact) mass is 241 g/mol. The molecule has 1 atom stereocenters. The van der Waals surface area contributed by atoms with Gasteiger partial charge in [0.1, 0.15) is 0 Å². The van der Waals surface area contributed by atoms with E-state index in [1.807, 2.05) is 6.21 Å². The lowest BCUT2D eigenvalue weighted by atomic mass is 9.34. The summed E-state index contributed by atoms with van der Waals surface area (Å²) < 4.78 is 6.16. The minimum atomic E-state index is -0.829. The molecule has 1 unspecified atom stereocenters. The summed E-state index contributed by atoms with van der Waals surface area (Å²) in [5.41, 5.74) is 4.08. The van der Waals surface area contributed by atoms with Gasteiger partial charge in [0.2, 0.25) is 0 Å². The zero-order chi connectivity index (χ0) is 12.4. The van der Waals surface area contributed by atoms with Crippen molar-refractivity contribution in [2.45, 2.75) is 39.1 Å². The molecule has 18 heavy (non-hydrogen) atoms. The van der Waals surface area contributed by atoms with Crippen molar-refractivity contribution in [2.75, 3.05) is 6.54 Å². The smallest absolute Gasteiger partial charge is 0.345 e. The molecule has 0 bridgehead atoms. The minimum absolute atomic E-state index is 0.779. The first-order valence-corrected chi connectivity index (χ1v) is 7.13. The third-order valence-electron chi connectivity index (χ3n) is 4.22. The maximum atomic E-state index is 6.16. The SMILES string of the molecule is CCC/N=C\c1cccc2c1[B-]1([CH+]CCC1)OC2. The fourth-order valence-electron chi connectivity index (χ4n) is 3.42. The second-order valence-electron chi connectivity index (χ2n) is 5.46. The van der Waals surface area contributed by atoms with Crippen LogP contribution in [0.3, 0.4) is 0 Å². The van der Waals surface area contributed by atoms with E-state index in [9.17, 15) is 0 Å². The van der Waals surface area contributed by atoms with E-state index in [2.05, 4.69) is 36.4 Å². The standard InChI is InChI=1S/C15H20BNO/c1-2-10-17-11-13-6-5-7-14-12-18-16(15(13)14)8-3-4-9-16/h5-8,11H,2-4,9-10,12H2,1H3/b17-11-. The van der Waals surface area contributed by atoms with E-state index in [1.54, 1.807) is 0 Å². The van der Waals surface area contributed by atoms with E-state index in [1.165, 1.54) is 35.8 Å². The van der Waals surface area contributed by atoms with E-state index >= 15 is 0 Å². The lowest BCUT2D eigenvalue weighted by Gasteiger charge is -2.23. The van der Waals surface area contributed by atoms with E-state index in [-0.39, 0.29) is 0 Å². The molecule has 0 N–H and O–H groups in total. The normalized spacial score (nSPS) is 25.8. The number of hydrogen-bond acceptors (Lipinski definition) is 2. The highest BCUT2D eigenvalue weighted by Crippen LogP contribution is 2.34. The molecule has 1 fully saturated rings. The number of aliphatic imine (C=N–C) groups is 1. The van der Waals surface area contributed by atoms with Crippen LogP contribution in [0.1, 0.15) is 37.3 Å². The lowest BCUT2D eigenvalue weighted by molar-refractivity contribution is 0.319. The third kappa shape index (κ3) is 1.87. The van der Waals surface area contributed by atoms with Gasteiger partial charge in [-0.1, -0.05) is 43.3 Å². The second-order valence-corrected chi connectivity index (χ2v) is 5.46. The van der Waals surface area contributed by atoms with Gasteiger partial charge in [-0.2, -0.15) is 0 Å². The highest BCUT2D eigenvalue weighted by Gasteiger charge is 2.47. The van der Waals surface area contributed by atoms with E-state index in [0.29, 0.717) is 0 Å². The maximum absolute atomic E-state index is 6.16. The Morgan fingerprint density at radius 1 is 1.50 bits per heavy atom. The molecule has 0 aromatic heterocycles. The van der Waals surface area contributed by atoms with Gasteiger partial charge in [0, 0.05) is 25.8 Å². The minimum Gasteiger partial charge on any atom is -0.544 e. The Hall–Kier alpha value is -1.22. The summed E-state index contributed by atoms with van der Waals surface area (Å²) in [7, 11) is 0. The van der Waals surface area contributed by atoms with Crippen LogP contribution in [0.25, 0.3) is 0 Å². The van der Waals surface area contributed by atoms with Crippen molar-refractivity contribution >= 4 is 18.0 Å². The van der Waals surface area contributed by atoms with Gasteiger partial charge < -0.3 is 4.65 Å². The first-order valence-electron chi connectivity index (χ1n) is 7.13. The lowest BCUT2D eigenvalue weighted by Crippen LogP contribution is -2.46. The van der Waals surface area contributed by atoms with Crippen molar-refractivity contribution in [3.05, 3.63) is 35.6 Å². The number of benzene rings is 1. The summed E-state index contributed by atoms with van der Waals surface area (Å²) in [6, 6.07) is 6.51. The first-order chi connectivity index (χ1) is 8.86. The summed E-state index contributed by atoms with van der Waals surface area (Å²) >= 11 is 0. The van der Waals surface area contributed by atoms with Crippen molar-refractivity contribution in [1.82, 2.24) is 0 Å². The van der Waals surface area contributed by atoms with Gasteiger partial charge in [0.15, 0.2) is 0 Å².